The summed E-state index contributed by atoms with van der Waals surface area (Å²) >= 11 is 1.40. The molecule has 5 rings (SSSR count). The van der Waals surface area contributed by atoms with Gasteiger partial charge in [-0.3, -0.25) is 4.99 Å². The number of aliphatic imine (C=N–C) groups is 1. The SMILES string of the molecule is C.Cc1csc(Nc2ncc3c(n2)-c2ccc(C(=O)O)cc2C(c2c(F)cccc2F)=NC3)n1. The number of nitrogens with one attached hydrogen (secondary N) is 1. The fourth-order valence-electron chi connectivity index (χ4n) is 3.59. The van der Waals surface area contributed by atoms with Crippen LogP contribution in [-0.2, 0) is 6.54 Å². The number of carboxylic acid groups (broad SMARTS) is 1. The van der Waals surface area contributed by atoms with Gasteiger partial charge < -0.3 is 10.4 Å². The van der Waals surface area contributed by atoms with Gasteiger partial charge in [-0.15, -0.1) is 11.3 Å². The van der Waals surface area contributed by atoms with E-state index in [1.165, 1.54) is 29.5 Å². The van der Waals surface area contributed by atoms with Crippen molar-refractivity contribution in [1.29, 1.82) is 0 Å². The maximum absolute atomic E-state index is 14.7. The first-order valence-corrected chi connectivity index (χ1v) is 10.7. The molecular weight excluding hydrogens is 460 g/mol. The molecule has 10 heteroatoms. The minimum Gasteiger partial charge on any atom is -0.478 e. The Labute approximate surface area is 197 Å². The molecule has 1 aliphatic rings. The van der Waals surface area contributed by atoms with Gasteiger partial charge in [-0.2, -0.15) is 0 Å². The number of halogens is 2. The highest BCUT2D eigenvalue weighted by Crippen LogP contribution is 2.34. The van der Waals surface area contributed by atoms with Gasteiger partial charge in [0.25, 0.3) is 0 Å². The van der Waals surface area contributed by atoms with Crippen LogP contribution in [0.5, 0.6) is 0 Å². The zero-order valence-corrected chi connectivity index (χ0v) is 18.0. The predicted molar refractivity (Wildman–Crippen MR) is 127 cm³/mol. The molecule has 172 valence electrons. The first-order chi connectivity index (χ1) is 15.9. The Morgan fingerprint density at radius 3 is 2.56 bits per heavy atom. The van der Waals surface area contributed by atoms with E-state index in [9.17, 15) is 18.7 Å². The van der Waals surface area contributed by atoms with Crippen molar-refractivity contribution >= 4 is 34.1 Å². The van der Waals surface area contributed by atoms with E-state index in [0.717, 1.165) is 17.8 Å². The Kier molecular flexibility index (Phi) is 6.16. The van der Waals surface area contributed by atoms with Crippen LogP contribution in [0.15, 0.2) is 53.0 Å². The molecule has 1 aliphatic heterocycles. The molecule has 2 aromatic heterocycles. The van der Waals surface area contributed by atoms with E-state index in [1.54, 1.807) is 12.3 Å². The Bertz CT molecular complexity index is 1430. The lowest BCUT2D eigenvalue weighted by atomic mass is 9.93. The summed E-state index contributed by atoms with van der Waals surface area (Å²) in [6, 6.07) is 7.89. The van der Waals surface area contributed by atoms with Crippen LogP contribution in [-0.4, -0.2) is 31.7 Å². The van der Waals surface area contributed by atoms with E-state index in [0.29, 0.717) is 22.0 Å². The van der Waals surface area contributed by atoms with Crippen molar-refractivity contribution in [3.63, 3.8) is 0 Å². The van der Waals surface area contributed by atoms with Gasteiger partial charge in [-0.1, -0.05) is 19.6 Å². The maximum atomic E-state index is 14.7. The van der Waals surface area contributed by atoms with Crippen molar-refractivity contribution in [3.05, 3.63) is 87.6 Å². The number of aryl methyl sites for hydroxylation is 1. The normalized spacial score (nSPS) is 12.0. The second-order valence-electron chi connectivity index (χ2n) is 7.31. The molecule has 0 amide bonds. The quantitative estimate of drug-likeness (QED) is 0.394. The summed E-state index contributed by atoms with van der Waals surface area (Å²) in [5.41, 5.74) is 2.41. The highest BCUT2D eigenvalue weighted by Gasteiger charge is 2.26. The average molecular weight is 480 g/mol. The van der Waals surface area contributed by atoms with Crippen LogP contribution in [0.3, 0.4) is 0 Å². The lowest BCUT2D eigenvalue weighted by Crippen LogP contribution is -2.11. The molecule has 0 unspecified atom stereocenters. The molecule has 2 N–H and O–H groups in total. The van der Waals surface area contributed by atoms with Gasteiger partial charge in [-0.25, -0.2) is 28.5 Å². The van der Waals surface area contributed by atoms with Crippen molar-refractivity contribution in [3.8, 4) is 11.3 Å². The van der Waals surface area contributed by atoms with Crippen LogP contribution in [0.25, 0.3) is 11.3 Å². The summed E-state index contributed by atoms with van der Waals surface area (Å²) in [5, 5.41) is 15.1. The number of carbonyl (C=O) groups is 1. The zero-order chi connectivity index (χ0) is 23.1. The number of hydrogen-bond donors (Lipinski definition) is 2. The number of benzene rings is 2. The van der Waals surface area contributed by atoms with Crippen molar-refractivity contribution in [1.82, 2.24) is 15.0 Å². The summed E-state index contributed by atoms with van der Waals surface area (Å²) in [6.45, 7) is 1.93. The van der Waals surface area contributed by atoms with Crippen LogP contribution >= 0.6 is 11.3 Å². The van der Waals surface area contributed by atoms with Crippen molar-refractivity contribution < 1.29 is 18.7 Å². The lowest BCUT2D eigenvalue weighted by Gasteiger charge is -2.13. The van der Waals surface area contributed by atoms with Crippen molar-refractivity contribution in [2.45, 2.75) is 20.9 Å². The summed E-state index contributed by atoms with van der Waals surface area (Å²) in [6.07, 6.45) is 1.59. The first kappa shape index (κ1) is 23.1. The fourth-order valence-corrected chi connectivity index (χ4v) is 4.27. The summed E-state index contributed by atoms with van der Waals surface area (Å²) in [5.74, 6) is -2.46. The van der Waals surface area contributed by atoms with Crippen molar-refractivity contribution in [2.24, 2.45) is 4.99 Å². The van der Waals surface area contributed by atoms with Crippen LogP contribution in [0.2, 0.25) is 0 Å². The standard InChI is InChI=1S/C23H15F2N5O2S.CH4/c1-11-10-33-23(28-11)30-22-27-9-13-8-26-20(18-16(24)3-2-4-17(18)25)15-7-12(21(31)32)5-6-14(15)19(13)29-22;/h2-7,9-10H,8H2,1H3,(H,31,32)(H,27,28,29,30);1H4. The Balaban J connectivity index is 0.00000274. The Morgan fingerprint density at radius 1 is 1.12 bits per heavy atom. The molecule has 0 saturated carbocycles. The van der Waals surface area contributed by atoms with E-state index in [2.05, 4.69) is 25.3 Å². The molecule has 4 aromatic rings. The number of hydrogen-bond acceptors (Lipinski definition) is 7. The number of nitrogens with zero attached hydrogens (tertiary/aromatic N) is 4. The second-order valence-corrected chi connectivity index (χ2v) is 8.17. The number of fused-ring (bicyclic) bond motifs is 3. The van der Waals surface area contributed by atoms with E-state index in [4.69, 9.17) is 0 Å². The van der Waals surface area contributed by atoms with E-state index in [1.807, 2.05) is 12.3 Å². The van der Waals surface area contributed by atoms with Gasteiger partial charge in [-0.05, 0) is 31.2 Å². The number of thiazole rings is 1. The topological polar surface area (TPSA) is 100 Å². The number of carboxylic acids is 1. The molecular formula is C24H19F2N5O2S. The van der Waals surface area contributed by atoms with Crippen LogP contribution in [0.1, 0.15) is 40.2 Å². The zero-order valence-electron chi connectivity index (χ0n) is 17.1. The highest BCUT2D eigenvalue weighted by atomic mass is 32.1. The molecule has 0 radical (unpaired) electrons. The van der Waals surface area contributed by atoms with Gasteiger partial charge in [0.1, 0.15) is 11.6 Å². The number of aromatic carboxylic acids is 1. The third-order valence-electron chi connectivity index (χ3n) is 5.09. The first-order valence-electron chi connectivity index (χ1n) is 9.82. The van der Waals surface area contributed by atoms with Gasteiger partial charge in [0.05, 0.1) is 34.8 Å². The van der Waals surface area contributed by atoms with Crippen LogP contribution < -0.4 is 5.32 Å². The molecule has 34 heavy (non-hydrogen) atoms. The summed E-state index contributed by atoms with van der Waals surface area (Å²) < 4.78 is 29.4. The third kappa shape index (κ3) is 4.15. The Hall–Kier alpha value is -4.05. The van der Waals surface area contributed by atoms with Gasteiger partial charge >= 0.3 is 5.97 Å². The van der Waals surface area contributed by atoms with E-state index < -0.39 is 17.6 Å². The molecule has 0 spiro atoms. The van der Waals surface area contributed by atoms with E-state index in [-0.39, 0.29) is 42.3 Å². The highest BCUT2D eigenvalue weighted by molar-refractivity contribution is 7.13. The smallest absolute Gasteiger partial charge is 0.335 e. The molecule has 0 saturated heterocycles. The summed E-state index contributed by atoms with van der Waals surface area (Å²) in [4.78, 5) is 29.3. The maximum Gasteiger partial charge on any atom is 0.335 e. The largest absolute Gasteiger partial charge is 0.478 e. The van der Waals surface area contributed by atoms with Crippen LogP contribution in [0, 0.1) is 18.6 Å². The molecule has 3 heterocycles. The number of rotatable bonds is 4. The molecule has 0 aliphatic carbocycles. The molecule has 0 fully saturated rings. The van der Waals surface area contributed by atoms with Crippen molar-refractivity contribution in [2.75, 3.05) is 5.32 Å². The minimum absolute atomic E-state index is 0. The van der Waals surface area contributed by atoms with Crippen LogP contribution in [0.4, 0.5) is 19.9 Å². The third-order valence-corrected chi connectivity index (χ3v) is 5.96. The fraction of sp³-hybridized carbons (Fsp3) is 0.125. The van der Waals surface area contributed by atoms with Gasteiger partial charge in [0.2, 0.25) is 5.95 Å². The molecule has 0 atom stereocenters. The predicted octanol–water partition coefficient (Wildman–Crippen LogP) is 5.62. The lowest BCUT2D eigenvalue weighted by molar-refractivity contribution is 0.0697. The molecule has 7 nitrogen and oxygen atoms in total. The van der Waals surface area contributed by atoms with Gasteiger partial charge in [0.15, 0.2) is 5.13 Å². The number of anilines is 2. The van der Waals surface area contributed by atoms with Gasteiger partial charge in [0, 0.05) is 28.3 Å². The minimum atomic E-state index is -1.17. The Morgan fingerprint density at radius 2 is 1.88 bits per heavy atom. The average Bonchev–Trinajstić information content (AvgIpc) is 3.13. The molecule has 0 bridgehead atoms. The summed E-state index contributed by atoms with van der Waals surface area (Å²) in [7, 11) is 0. The second kappa shape index (κ2) is 9.06. The molecule has 2 aromatic carbocycles. The number of aromatic nitrogens is 3. The monoisotopic (exact) mass is 479 g/mol. The van der Waals surface area contributed by atoms with E-state index >= 15 is 0 Å².